The molecule has 7 heteroatoms. The standard InChI is InChI=1S/C30H42N4O3/c1-3-14-34(23-25-12-15-32(16-13-25)30(36)33-17-19-37-20-18-33)24(2)21-26-8-7-11-28(22-26)31-29(35)27-9-5-4-6-10-27/h4-11,22,24-25H,3,12-21,23H2,1-2H3,(H,31,35). The van der Waals surface area contributed by atoms with Crippen molar-refractivity contribution in [2.45, 2.75) is 45.6 Å². The summed E-state index contributed by atoms with van der Waals surface area (Å²) in [5.41, 5.74) is 2.72. The fourth-order valence-corrected chi connectivity index (χ4v) is 5.41. The van der Waals surface area contributed by atoms with Gasteiger partial charge in [0.05, 0.1) is 13.2 Å². The minimum absolute atomic E-state index is 0.0862. The maximum Gasteiger partial charge on any atom is 0.320 e. The highest BCUT2D eigenvalue weighted by Crippen LogP contribution is 2.23. The molecule has 0 saturated carbocycles. The van der Waals surface area contributed by atoms with E-state index in [2.05, 4.69) is 36.2 Å². The van der Waals surface area contributed by atoms with E-state index in [0.29, 0.717) is 43.8 Å². The van der Waals surface area contributed by atoms with Crippen LogP contribution in [0.4, 0.5) is 10.5 Å². The van der Waals surface area contributed by atoms with E-state index in [1.165, 1.54) is 5.56 Å². The predicted octanol–water partition coefficient (Wildman–Crippen LogP) is 4.75. The number of hydrogen-bond acceptors (Lipinski definition) is 4. The maximum absolute atomic E-state index is 12.8. The summed E-state index contributed by atoms with van der Waals surface area (Å²) in [6, 6.07) is 18.1. The summed E-state index contributed by atoms with van der Waals surface area (Å²) in [6.07, 6.45) is 4.17. The predicted molar refractivity (Wildman–Crippen MR) is 148 cm³/mol. The van der Waals surface area contributed by atoms with Crippen LogP contribution in [0.2, 0.25) is 0 Å². The molecule has 2 aliphatic rings. The third-order valence-electron chi connectivity index (χ3n) is 7.55. The van der Waals surface area contributed by atoms with Gasteiger partial charge in [-0.05, 0) is 74.9 Å². The molecule has 200 valence electrons. The number of amides is 3. The lowest BCUT2D eigenvalue weighted by Gasteiger charge is -2.39. The Labute approximate surface area is 221 Å². The molecule has 0 radical (unpaired) electrons. The molecule has 1 unspecified atom stereocenters. The van der Waals surface area contributed by atoms with Crippen molar-refractivity contribution in [3.05, 3.63) is 65.7 Å². The second kappa shape index (κ2) is 13.6. The zero-order chi connectivity index (χ0) is 26.0. The minimum Gasteiger partial charge on any atom is -0.378 e. The van der Waals surface area contributed by atoms with Crippen LogP contribution < -0.4 is 5.32 Å². The molecule has 0 aliphatic carbocycles. The highest BCUT2D eigenvalue weighted by Gasteiger charge is 2.28. The highest BCUT2D eigenvalue weighted by atomic mass is 16.5. The number of anilines is 1. The van der Waals surface area contributed by atoms with Crippen LogP contribution in [-0.2, 0) is 11.2 Å². The van der Waals surface area contributed by atoms with E-state index in [-0.39, 0.29) is 11.9 Å². The van der Waals surface area contributed by atoms with E-state index >= 15 is 0 Å². The largest absolute Gasteiger partial charge is 0.378 e. The van der Waals surface area contributed by atoms with Gasteiger partial charge >= 0.3 is 6.03 Å². The zero-order valence-electron chi connectivity index (χ0n) is 22.4. The first-order valence-electron chi connectivity index (χ1n) is 13.8. The number of benzene rings is 2. The van der Waals surface area contributed by atoms with E-state index in [0.717, 1.165) is 57.5 Å². The van der Waals surface area contributed by atoms with E-state index in [1.807, 2.05) is 52.3 Å². The SMILES string of the molecule is CCCN(CC1CCN(C(=O)N2CCOCC2)CC1)C(C)Cc1cccc(NC(=O)c2ccccc2)c1. The van der Waals surface area contributed by atoms with Crippen molar-refractivity contribution in [1.29, 1.82) is 0 Å². The molecule has 0 bridgehead atoms. The summed E-state index contributed by atoms with van der Waals surface area (Å²) < 4.78 is 5.39. The average molecular weight is 507 g/mol. The number of ether oxygens (including phenoxy) is 1. The van der Waals surface area contributed by atoms with Crippen molar-refractivity contribution in [1.82, 2.24) is 14.7 Å². The molecule has 4 rings (SSSR count). The Kier molecular flexibility index (Phi) is 9.97. The molecule has 2 aromatic rings. The Morgan fingerprint density at radius 2 is 1.70 bits per heavy atom. The fourth-order valence-electron chi connectivity index (χ4n) is 5.41. The number of likely N-dealkylation sites (tertiary alicyclic amines) is 1. The second-order valence-electron chi connectivity index (χ2n) is 10.4. The van der Waals surface area contributed by atoms with Gasteiger partial charge in [-0.3, -0.25) is 4.79 Å². The molecule has 2 aromatic carbocycles. The molecule has 0 aromatic heterocycles. The second-order valence-corrected chi connectivity index (χ2v) is 10.4. The Balaban J connectivity index is 1.28. The van der Waals surface area contributed by atoms with Gasteiger partial charge in [0.1, 0.15) is 0 Å². The Bertz CT molecular complexity index is 1000. The van der Waals surface area contributed by atoms with Crippen molar-refractivity contribution in [2.75, 3.05) is 57.8 Å². The Morgan fingerprint density at radius 3 is 2.41 bits per heavy atom. The van der Waals surface area contributed by atoms with Crippen LogP contribution in [0.25, 0.3) is 0 Å². The lowest BCUT2D eigenvalue weighted by molar-refractivity contribution is 0.0386. The molecule has 2 aliphatic heterocycles. The number of urea groups is 1. The van der Waals surface area contributed by atoms with E-state index in [9.17, 15) is 9.59 Å². The van der Waals surface area contributed by atoms with Crippen molar-refractivity contribution in [3.8, 4) is 0 Å². The summed E-state index contributed by atoms with van der Waals surface area (Å²) in [5.74, 6) is 0.524. The first-order valence-corrected chi connectivity index (χ1v) is 13.8. The first-order chi connectivity index (χ1) is 18.0. The zero-order valence-corrected chi connectivity index (χ0v) is 22.4. The van der Waals surface area contributed by atoms with E-state index in [1.54, 1.807) is 0 Å². The molecule has 2 heterocycles. The normalized spacial score (nSPS) is 17.6. The van der Waals surface area contributed by atoms with Crippen LogP contribution in [0.15, 0.2) is 54.6 Å². The minimum atomic E-state index is -0.0862. The summed E-state index contributed by atoms with van der Waals surface area (Å²) in [4.78, 5) is 32.0. The van der Waals surface area contributed by atoms with Crippen molar-refractivity contribution < 1.29 is 14.3 Å². The molecule has 3 amide bonds. The molecule has 1 N–H and O–H groups in total. The molecule has 37 heavy (non-hydrogen) atoms. The molecular weight excluding hydrogens is 464 g/mol. The van der Waals surface area contributed by atoms with Crippen LogP contribution in [0, 0.1) is 5.92 Å². The number of carbonyl (C=O) groups is 2. The van der Waals surface area contributed by atoms with E-state index < -0.39 is 0 Å². The number of rotatable bonds is 9. The third-order valence-corrected chi connectivity index (χ3v) is 7.55. The van der Waals surface area contributed by atoms with Gasteiger partial charge in [-0.1, -0.05) is 37.3 Å². The van der Waals surface area contributed by atoms with Gasteiger partial charge in [0.15, 0.2) is 0 Å². The number of hydrogen-bond donors (Lipinski definition) is 1. The smallest absolute Gasteiger partial charge is 0.320 e. The third kappa shape index (κ3) is 7.79. The van der Waals surface area contributed by atoms with E-state index in [4.69, 9.17) is 4.74 Å². The summed E-state index contributed by atoms with van der Waals surface area (Å²) >= 11 is 0. The number of nitrogens with zero attached hydrogens (tertiary/aromatic N) is 3. The lowest BCUT2D eigenvalue weighted by Crippen LogP contribution is -2.51. The van der Waals surface area contributed by atoms with Gasteiger partial charge in [0.2, 0.25) is 0 Å². The number of carbonyl (C=O) groups excluding carboxylic acids is 2. The number of morpholine rings is 1. The molecule has 7 nitrogen and oxygen atoms in total. The number of piperidine rings is 1. The van der Waals surface area contributed by atoms with Crippen LogP contribution >= 0.6 is 0 Å². The summed E-state index contributed by atoms with van der Waals surface area (Å²) in [7, 11) is 0. The molecule has 2 saturated heterocycles. The van der Waals surface area contributed by atoms with Gasteiger partial charge < -0.3 is 24.8 Å². The van der Waals surface area contributed by atoms with Gasteiger partial charge in [-0.15, -0.1) is 0 Å². The monoisotopic (exact) mass is 506 g/mol. The Morgan fingerprint density at radius 1 is 1.00 bits per heavy atom. The van der Waals surface area contributed by atoms with Crippen molar-refractivity contribution in [2.24, 2.45) is 5.92 Å². The first kappa shape index (κ1) is 27.1. The molecular formula is C30H42N4O3. The molecule has 1 atom stereocenters. The highest BCUT2D eigenvalue weighted by molar-refractivity contribution is 6.04. The number of nitrogens with one attached hydrogen (secondary N) is 1. The van der Waals surface area contributed by atoms with Crippen molar-refractivity contribution >= 4 is 17.6 Å². The summed E-state index contributed by atoms with van der Waals surface area (Å²) in [6.45, 7) is 11.1. The molecule has 0 spiro atoms. The Hall–Kier alpha value is -2.90. The quantitative estimate of drug-likeness (QED) is 0.533. The lowest BCUT2D eigenvalue weighted by atomic mass is 9.95. The van der Waals surface area contributed by atoms with Crippen LogP contribution in [0.3, 0.4) is 0 Å². The maximum atomic E-state index is 12.8. The van der Waals surface area contributed by atoms with Gasteiger partial charge in [-0.25, -0.2) is 4.79 Å². The van der Waals surface area contributed by atoms with Gasteiger partial charge in [0, 0.05) is 50.0 Å². The van der Waals surface area contributed by atoms with Crippen molar-refractivity contribution in [3.63, 3.8) is 0 Å². The van der Waals surface area contributed by atoms with Crippen LogP contribution in [0.5, 0.6) is 0 Å². The topological polar surface area (TPSA) is 65.1 Å². The van der Waals surface area contributed by atoms with Gasteiger partial charge in [-0.2, -0.15) is 0 Å². The average Bonchev–Trinajstić information content (AvgIpc) is 2.94. The van der Waals surface area contributed by atoms with Crippen LogP contribution in [0.1, 0.15) is 49.0 Å². The fraction of sp³-hybridized carbons (Fsp3) is 0.533. The summed E-state index contributed by atoms with van der Waals surface area (Å²) in [5, 5.41) is 3.03. The van der Waals surface area contributed by atoms with Crippen LogP contribution in [-0.4, -0.2) is 85.2 Å². The van der Waals surface area contributed by atoms with Gasteiger partial charge in [0.25, 0.3) is 5.91 Å². The molecule has 2 fully saturated rings.